The van der Waals surface area contributed by atoms with Gasteiger partial charge >= 0.3 is 0 Å². The van der Waals surface area contributed by atoms with Gasteiger partial charge in [-0.25, -0.2) is 8.78 Å². The van der Waals surface area contributed by atoms with E-state index >= 15 is 0 Å². The average molecular weight is 271 g/mol. The van der Waals surface area contributed by atoms with Crippen LogP contribution < -0.4 is 4.74 Å². The molecule has 0 atom stereocenters. The molecule has 72 valence electrons. The molecule has 0 heterocycles. The normalized spacial score (nSPS) is 10.2. The molecule has 1 rings (SSSR count). The van der Waals surface area contributed by atoms with Crippen molar-refractivity contribution in [2.45, 2.75) is 0 Å². The molecule has 1 aromatic carbocycles. The van der Waals surface area contributed by atoms with E-state index in [1.165, 1.54) is 0 Å². The van der Waals surface area contributed by atoms with E-state index in [1.54, 1.807) is 0 Å². The Morgan fingerprint density at radius 1 is 1.31 bits per heavy atom. The van der Waals surface area contributed by atoms with Crippen molar-refractivity contribution in [2.75, 3.05) is 11.9 Å². The van der Waals surface area contributed by atoms with E-state index in [9.17, 15) is 8.78 Å². The molecule has 1 aromatic rings. The summed E-state index contributed by atoms with van der Waals surface area (Å²) >= 11 is 8.57. The number of benzene rings is 1. The van der Waals surface area contributed by atoms with Crippen molar-refractivity contribution in [1.82, 2.24) is 0 Å². The SMILES string of the molecule is Fc1ccc(F)c(OCCBr)c1Cl. The molecule has 13 heavy (non-hydrogen) atoms. The fourth-order valence-corrected chi connectivity index (χ4v) is 1.15. The zero-order chi connectivity index (χ0) is 9.84. The molecule has 0 aliphatic heterocycles. The lowest BCUT2D eigenvalue weighted by Crippen LogP contribution is -2.01. The first kappa shape index (κ1) is 10.7. The second-order valence-electron chi connectivity index (χ2n) is 2.21. The molecule has 0 unspecified atom stereocenters. The van der Waals surface area contributed by atoms with Gasteiger partial charge in [0.15, 0.2) is 11.6 Å². The smallest absolute Gasteiger partial charge is 0.176 e. The van der Waals surface area contributed by atoms with Crippen LogP contribution in [0, 0.1) is 11.6 Å². The molecule has 0 aromatic heterocycles. The summed E-state index contributed by atoms with van der Waals surface area (Å²) in [4.78, 5) is 0. The van der Waals surface area contributed by atoms with Crippen LogP contribution in [0.5, 0.6) is 5.75 Å². The van der Waals surface area contributed by atoms with Crippen LogP contribution in [0.25, 0.3) is 0 Å². The van der Waals surface area contributed by atoms with Gasteiger partial charge in [0, 0.05) is 5.33 Å². The predicted molar refractivity (Wildman–Crippen MR) is 50.7 cm³/mol. The third-order valence-corrected chi connectivity index (χ3v) is 2.00. The molecular formula is C8H6BrClF2O. The van der Waals surface area contributed by atoms with E-state index in [2.05, 4.69) is 15.9 Å². The number of hydrogen-bond acceptors (Lipinski definition) is 1. The standard InChI is InChI=1S/C8H6BrClF2O/c9-3-4-13-8-6(12)2-1-5(11)7(8)10/h1-2H,3-4H2. The van der Waals surface area contributed by atoms with Crippen LogP contribution in [0.1, 0.15) is 0 Å². The highest BCUT2D eigenvalue weighted by atomic mass is 79.9. The van der Waals surface area contributed by atoms with Crippen molar-refractivity contribution < 1.29 is 13.5 Å². The number of alkyl halides is 1. The Balaban J connectivity index is 2.96. The highest BCUT2D eigenvalue weighted by Crippen LogP contribution is 2.30. The van der Waals surface area contributed by atoms with E-state index < -0.39 is 11.6 Å². The molecular weight excluding hydrogens is 265 g/mol. The Bertz CT molecular complexity index is 306. The van der Waals surface area contributed by atoms with Crippen molar-refractivity contribution >= 4 is 27.5 Å². The van der Waals surface area contributed by atoms with E-state index in [-0.39, 0.29) is 17.4 Å². The lowest BCUT2D eigenvalue weighted by Gasteiger charge is -2.07. The second kappa shape index (κ2) is 4.77. The minimum absolute atomic E-state index is 0.235. The molecule has 1 nitrogen and oxygen atoms in total. The van der Waals surface area contributed by atoms with Gasteiger partial charge in [-0.1, -0.05) is 27.5 Å². The first-order valence-corrected chi connectivity index (χ1v) is 4.99. The van der Waals surface area contributed by atoms with Crippen molar-refractivity contribution in [1.29, 1.82) is 0 Å². The number of ether oxygens (including phenoxy) is 1. The summed E-state index contributed by atoms with van der Waals surface area (Å²) in [5, 5.41) is 0.209. The first-order valence-electron chi connectivity index (χ1n) is 3.49. The van der Waals surface area contributed by atoms with Gasteiger partial charge in [0.2, 0.25) is 0 Å². The monoisotopic (exact) mass is 270 g/mol. The third kappa shape index (κ3) is 2.54. The number of rotatable bonds is 3. The molecule has 0 aliphatic carbocycles. The van der Waals surface area contributed by atoms with Crippen LogP contribution in [0.3, 0.4) is 0 Å². The molecule has 0 saturated carbocycles. The van der Waals surface area contributed by atoms with Gasteiger partial charge in [-0.2, -0.15) is 0 Å². The molecule has 0 saturated heterocycles. The molecule has 0 spiro atoms. The largest absolute Gasteiger partial charge is 0.488 e. The fraction of sp³-hybridized carbons (Fsp3) is 0.250. The van der Waals surface area contributed by atoms with Crippen LogP contribution >= 0.6 is 27.5 Å². The van der Waals surface area contributed by atoms with Crippen molar-refractivity contribution in [3.8, 4) is 5.75 Å². The van der Waals surface area contributed by atoms with E-state index in [1.807, 2.05) is 0 Å². The zero-order valence-corrected chi connectivity index (χ0v) is 8.83. The Kier molecular flexibility index (Phi) is 3.93. The van der Waals surface area contributed by atoms with E-state index in [0.29, 0.717) is 5.33 Å². The summed E-state index contributed by atoms with van der Waals surface area (Å²) in [6, 6.07) is 1.93. The highest BCUT2D eigenvalue weighted by molar-refractivity contribution is 9.09. The first-order chi connectivity index (χ1) is 6.16. The van der Waals surface area contributed by atoms with Crippen LogP contribution in [-0.4, -0.2) is 11.9 Å². The Morgan fingerprint density at radius 3 is 2.54 bits per heavy atom. The summed E-state index contributed by atoms with van der Waals surface area (Å²) in [6.45, 7) is 0.236. The van der Waals surface area contributed by atoms with Gasteiger partial charge in [0.1, 0.15) is 10.8 Å². The minimum atomic E-state index is -0.687. The van der Waals surface area contributed by atoms with E-state index in [0.717, 1.165) is 12.1 Å². The van der Waals surface area contributed by atoms with Crippen LogP contribution in [0.15, 0.2) is 12.1 Å². The van der Waals surface area contributed by atoms with Crippen molar-refractivity contribution in [3.05, 3.63) is 28.8 Å². The zero-order valence-electron chi connectivity index (χ0n) is 6.49. The minimum Gasteiger partial charge on any atom is -0.488 e. The van der Waals surface area contributed by atoms with Crippen LogP contribution in [-0.2, 0) is 0 Å². The molecule has 0 N–H and O–H groups in total. The number of hydrogen-bond donors (Lipinski definition) is 0. The van der Waals surface area contributed by atoms with Crippen LogP contribution in [0.2, 0.25) is 5.02 Å². The quantitative estimate of drug-likeness (QED) is 0.605. The van der Waals surface area contributed by atoms with Gasteiger partial charge in [0.05, 0.1) is 6.61 Å². The van der Waals surface area contributed by atoms with Crippen molar-refractivity contribution in [2.24, 2.45) is 0 Å². The van der Waals surface area contributed by atoms with E-state index in [4.69, 9.17) is 16.3 Å². The molecule has 5 heteroatoms. The summed E-state index contributed by atoms with van der Waals surface area (Å²) in [6.07, 6.45) is 0. The lowest BCUT2D eigenvalue weighted by molar-refractivity contribution is 0.324. The maximum Gasteiger partial charge on any atom is 0.176 e. The molecule has 0 aliphatic rings. The third-order valence-electron chi connectivity index (χ3n) is 1.33. The van der Waals surface area contributed by atoms with Gasteiger partial charge in [0.25, 0.3) is 0 Å². The second-order valence-corrected chi connectivity index (χ2v) is 3.38. The van der Waals surface area contributed by atoms with Crippen molar-refractivity contribution in [3.63, 3.8) is 0 Å². The summed E-state index contributed by atoms with van der Waals surface area (Å²) in [7, 11) is 0. The molecule has 0 amide bonds. The van der Waals surface area contributed by atoms with Gasteiger partial charge in [-0.15, -0.1) is 0 Å². The average Bonchev–Trinajstić information content (AvgIpc) is 2.12. The maximum absolute atomic E-state index is 13.0. The predicted octanol–water partition coefficient (Wildman–Crippen LogP) is 3.39. The summed E-state index contributed by atoms with van der Waals surface area (Å²) < 4.78 is 30.7. The highest BCUT2D eigenvalue weighted by Gasteiger charge is 2.12. The lowest BCUT2D eigenvalue weighted by atomic mass is 10.3. The van der Waals surface area contributed by atoms with Gasteiger partial charge in [-0.3, -0.25) is 0 Å². The summed E-state index contributed by atoms with van der Waals surface area (Å²) in [5.41, 5.74) is 0. The molecule has 0 fully saturated rings. The molecule has 0 radical (unpaired) electrons. The fourth-order valence-electron chi connectivity index (χ4n) is 0.781. The Hall–Kier alpha value is -0.350. The Morgan fingerprint density at radius 2 is 1.92 bits per heavy atom. The van der Waals surface area contributed by atoms with Gasteiger partial charge < -0.3 is 4.74 Å². The number of halogens is 4. The summed E-state index contributed by atoms with van der Waals surface area (Å²) in [5.74, 6) is -1.58. The topological polar surface area (TPSA) is 9.23 Å². The molecule has 0 bridgehead atoms. The van der Waals surface area contributed by atoms with Crippen LogP contribution in [0.4, 0.5) is 8.78 Å². The van der Waals surface area contributed by atoms with Gasteiger partial charge in [-0.05, 0) is 12.1 Å². The Labute approximate surface area is 87.8 Å². The maximum atomic E-state index is 13.0.